The Morgan fingerprint density at radius 2 is 2.11 bits per heavy atom. The van der Waals surface area contributed by atoms with E-state index in [9.17, 15) is 12.8 Å². The molecule has 0 aliphatic heterocycles. The highest BCUT2D eigenvalue weighted by Crippen LogP contribution is 2.48. The molecule has 7 heteroatoms. The van der Waals surface area contributed by atoms with Crippen molar-refractivity contribution in [3.63, 3.8) is 0 Å². The molecular weight excluding hydrogens is 335 g/mol. The molecular formula is C12H16BrFN2O2S. The standard InChI is InChI=1S/C12H16BrFN2O2S/c1-2-12(3-4-12)7-16-19(17,18)10-6-8(15)5-9(13)11(10)14/h5-6,16H,2-4,7,15H2,1H3. The number of sulfonamides is 1. The zero-order valence-electron chi connectivity index (χ0n) is 10.5. The first-order valence-corrected chi connectivity index (χ1v) is 8.31. The molecule has 0 atom stereocenters. The van der Waals surface area contributed by atoms with Crippen LogP contribution >= 0.6 is 15.9 Å². The summed E-state index contributed by atoms with van der Waals surface area (Å²) >= 11 is 2.96. The molecule has 19 heavy (non-hydrogen) atoms. The zero-order chi connectivity index (χ0) is 14.3. The van der Waals surface area contributed by atoms with Gasteiger partial charge in [0.15, 0.2) is 5.82 Å². The summed E-state index contributed by atoms with van der Waals surface area (Å²) in [5.41, 5.74) is 5.81. The number of hydrogen-bond donors (Lipinski definition) is 2. The van der Waals surface area contributed by atoms with E-state index in [1.54, 1.807) is 0 Å². The maximum atomic E-state index is 13.9. The largest absolute Gasteiger partial charge is 0.399 e. The van der Waals surface area contributed by atoms with Crippen molar-refractivity contribution in [2.45, 2.75) is 31.1 Å². The fourth-order valence-electron chi connectivity index (χ4n) is 1.94. The van der Waals surface area contributed by atoms with Gasteiger partial charge in [-0.05, 0) is 52.7 Å². The highest BCUT2D eigenvalue weighted by Gasteiger charge is 2.41. The van der Waals surface area contributed by atoms with Gasteiger partial charge in [-0.3, -0.25) is 0 Å². The second-order valence-electron chi connectivity index (χ2n) is 4.99. The molecule has 0 unspecified atom stereocenters. The average Bonchev–Trinajstić information content (AvgIpc) is 3.12. The molecule has 1 fully saturated rings. The number of rotatable bonds is 5. The van der Waals surface area contributed by atoms with Crippen LogP contribution in [0.5, 0.6) is 0 Å². The number of anilines is 1. The molecule has 0 heterocycles. The predicted octanol–water partition coefficient (Wildman–Crippen LogP) is 2.64. The lowest BCUT2D eigenvalue weighted by Gasteiger charge is -2.14. The SMILES string of the molecule is CCC1(CNS(=O)(=O)c2cc(N)cc(Br)c2F)CC1. The van der Waals surface area contributed by atoms with Gasteiger partial charge in [0, 0.05) is 12.2 Å². The van der Waals surface area contributed by atoms with E-state index in [-0.39, 0.29) is 15.6 Å². The molecule has 0 saturated heterocycles. The van der Waals surface area contributed by atoms with Crippen LogP contribution in [0.3, 0.4) is 0 Å². The van der Waals surface area contributed by atoms with Crippen molar-refractivity contribution >= 4 is 31.6 Å². The third-order valence-corrected chi connectivity index (χ3v) is 5.63. The third-order valence-electron chi connectivity index (χ3n) is 3.65. The summed E-state index contributed by atoms with van der Waals surface area (Å²) in [5.74, 6) is -0.817. The van der Waals surface area contributed by atoms with Crippen molar-refractivity contribution in [1.29, 1.82) is 0 Å². The minimum Gasteiger partial charge on any atom is -0.399 e. The van der Waals surface area contributed by atoms with Crippen LogP contribution in [-0.2, 0) is 10.0 Å². The van der Waals surface area contributed by atoms with E-state index in [1.807, 2.05) is 6.92 Å². The van der Waals surface area contributed by atoms with Gasteiger partial charge in [0.2, 0.25) is 10.0 Å². The van der Waals surface area contributed by atoms with Crippen LogP contribution in [0.2, 0.25) is 0 Å². The van der Waals surface area contributed by atoms with Crippen molar-refractivity contribution in [2.24, 2.45) is 5.41 Å². The highest BCUT2D eigenvalue weighted by molar-refractivity contribution is 9.10. The first-order valence-electron chi connectivity index (χ1n) is 6.04. The third kappa shape index (κ3) is 3.09. The molecule has 1 saturated carbocycles. The lowest BCUT2D eigenvalue weighted by molar-refractivity contribution is 0.473. The summed E-state index contributed by atoms with van der Waals surface area (Å²) in [6.45, 7) is 2.37. The first-order chi connectivity index (χ1) is 8.80. The number of nitrogen functional groups attached to an aromatic ring is 1. The molecule has 2 rings (SSSR count). The van der Waals surface area contributed by atoms with Crippen LogP contribution in [0, 0.1) is 11.2 Å². The van der Waals surface area contributed by atoms with E-state index in [1.165, 1.54) is 6.07 Å². The molecule has 0 bridgehead atoms. The normalized spacial score (nSPS) is 17.4. The summed E-state index contributed by atoms with van der Waals surface area (Å²) in [5, 5.41) is 0. The lowest BCUT2D eigenvalue weighted by atomic mass is 10.1. The maximum Gasteiger partial charge on any atom is 0.243 e. The van der Waals surface area contributed by atoms with Crippen molar-refractivity contribution in [3.05, 3.63) is 22.4 Å². The second kappa shape index (κ2) is 5.03. The maximum absolute atomic E-state index is 13.9. The lowest BCUT2D eigenvalue weighted by Crippen LogP contribution is -2.30. The Bertz CT molecular complexity index is 600. The van der Waals surface area contributed by atoms with Gasteiger partial charge >= 0.3 is 0 Å². The Hall–Kier alpha value is -0.660. The minimum atomic E-state index is -3.87. The molecule has 3 N–H and O–H groups in total. The highest BCUT2D eigenvalue weighted by atomic mass is 79.9. The molecule has 1 aromatic carbocycles. The Kier molecular flexibility index (Phi) is 3.90. The Morgan fingerprint density at radius 3 is 2.63 bits per heavy atom. The molecule has 0 spiro atoms. The topological polar surface area (TPSA) is 72.2 Å². The summed E-state index contributed by atoms with van der Waals surface area (Å²) in [7, 11) is -3.87. The molecule has 1 aromatic rings. The minimum absolute atomic E-state index is 0.0458. The molecule has 1 aliphatic rings. The molecule has 0 aromatic heterocycles. The molecule has 4 nitrogen and oxygen atoms in total. The van der Waals surface area contributed by atoms with Crippen molar-refractivity contribution in [3.8, 4) is 0 Å². The summed E-state index contributed by atoms with van der Waals surface area (Å²) in [6, 6.07) is 2.47. The van der Waals surface area contributed by atoms with Gasteiger partial charge in [-0.25, -0.2) is 17.5 Å². The Morgan fingerprint density at radius 1 is 1.47 bits per heavy atom. The Balaban J connectivity index is 2.25. The fourth-order valence-corrected chi connectivity index (χ4v) is 3.84. The van der Waals surface area contributed by atoms with Crippen molar-refractivity contribution < 1.29 is 12.8 Å². The Labute approximate surface area is 120 Å². The van der Waals surface area contributed by atoms with Crippen LogP contribution in [0.1, 0.15) is 26.2 Å². The number of halogens is 2. The zero-order valence-corrected chi connectivity index (χ0v) is 12.9. The van der Waals surface area contributed by atoms with Gasteiger partial charge in [0.25, 0.3) is 0 Å². The second-order valence-corrected chi connectivity index (χ2v) is 7.58. The van der Waals surface area contributed by atoms with Crippen LogP contribution in [0.25, 0.3) is 0 Å². The molecule has 0 amide bonds. The van der Waals surface area contributed by atoms with E-state index in [4.69, 9.17) is 5.73 Å². The average molecular weight is 351 g/mol. The van der Waals surface area contributed by atoms with Gasteiger partial charge in [0.05, 0.1) is 4.47 Å². The van der Waals surface area contributed by atoms with E-state index in [0.717, 1.165) is 25.3 Å². The van der Waals surface area contributed by atoms with Crippen molar-refractivity contribution in [1.82, 2.24) is 4.72 Å². The monoisotopic (exact) mass is 350 g/mol. The van der Waals surface area contributed by atoms with Crippen LogP contribution in [0.15, 0.2) is 21.5 Å². The van der Waals surface area contributed by atoms with E-state index in [2.05, 4.69) is 20.7 Å². The van der Waals surface area contributed by atoms with E-state index in [0.29, 0.717) is 6.54 Å². The number of benzene rings is 1. The number of hydrogen-bond acceptors (Lipinski definition) is 3. The number of nitrogens with two attached hydrogens (primary N) is 1. The first kappa shape index (κ1) is 14.7. The summed E-state index contributed by atoms with van der Waals surface area (Å²) in [6.07, 6.45) is 2.93. The smallest absolute Gasteiger partial charge is 0.243 e. The van der Waals surface area contributed by atoms with Gasteiger partial charge < -0.3 is 5.73 Å². The van der Waals surface area contributed by atoms with Crippen molar-refractivity contribution in [2.75, 3.05) is 12.3 Å². The quantitative estimate of drug-likeness (QED) is 0.801. The summed E-state index contributed by atoms with van der Waals surface area (Å²) in [4.78, 5) is -0.411. The molecule has 1 aliphatic carbocycles. The fraction of sp³-hybridized carbons (Fsp3) is 0.500. The predicted molar refractivity (Wildman–Crippen MR) is 75.7 cm³/mol. The summed E-state index contributed by atoms with van der Waals surface area (Å²) < 4.78 is 40.6. The van der Waals surface area contributed by atoms with E-state index >= 15 is 0 Å². The van der Waals surface area contributed by atoms with Gasteiger partial charge in [-0.2, -0.15) is 0 Å². The van der Waals surface area contributed by atoms with Crippen LogP contribution in [-0.4, -0.2) is 15.0 Å². The van der Waals surface area contributed by atoms with Gasteiger partial charge in [-0.1, -0.05) is 6.92 Å². The number of nitrogens with one attached hydrogen (secondary N) is 1. The van der Waals surface area contributed by atoms with Gasteiger partial charge in [0.1, 0.15) is 4.90 Å². The molecule has 0 radical (unpaired) electrons. The van der Waals surface area contributed by atoms with E-state index < -0.39 is 20.7 Å². The van der Waals surface area contributed by atoms with Crippen LogP contribution in [0.4, 0.5) is 10.1 Å². The van der Waals surface area contributed by atoms with Gasteiger partial charge in [-0.15, -0.1) is 0 Å². The molecule has 106 valence electrons. The van der Waals surface area contributed by atoms with Crippen LogP contribution < -0.4 is 10.5 Å².